The molecule has 0 aliphatic carbocycles. The van der Waals surface area contributed by atoms with Crippen molar-refractivity contribution in [1.82, 2.24) is 10.2 Å². The summed E-state index contributed by atoms with van der Waals surface area (Å²) in [7, 11) is -3.98. The largest absolute Gasteiger partial charge is 0.394 e. The van der Waals surface area contributed by atoms with Crippen LogP contribution in [-0.4, -0.2) is 37.3 Å². The Kier molecular flexibility index (Phi) is 6.07. The lowest BCUT2D eigenvalue weighted by molar-refractivity contribution is -0.131. The third kappa shape index (κ3) is 4.26. The van der Waals surface area contributed by atoms with Crippen molar-refractivity contribution in [3.05, 3.63) is 29.8 Å². The quantitative estimate of drug-likeness (QED) is 0.430. The zero-order valence-corrected chi connectivity index (χ0v) is 13.6. The molecular weight excluding hydrogens is 308 g/mol. The Morgan fingerprint density at radius 1 is 1.27 bits per heavy atom. The van der Waals surface area contributed by atoms with Gasteiger partial charge < -0.3 is 5.11 Å². The molecule has 8 heteroatoms. The molecule has 1 rings (SSSR count). The molecule has 0 aromatic heterocycles. The molecular formula is C14H22N2O5S. The number of rotatable bonds is 7. The lowest BCUT2D eigenvalue weighted by Gasteiger charge is -2.23. The normalized spacial score (nSPS) is 13.7. The standard InChI is InChI=1S/C14H22N2O5S/c1-4-14(2,3)10-5-7-11(8-6-10)22(20,21)16-12(9-17)13(18)15-19/h5-8,12,16-17,19H,4,9H2,1-3H3,(H,15,18)/t12-/m0/s1. The van der Waals surface area contributed by atoms with Gasteiger partial charge in [0, 0.05) is 0 Å². The van der Waals surface area contributed by atoms with Gasteiger partial charge in [0.25, 0.3) is 5.91 Å². The molecule has 22 heavy (non-hydrogen) atoms. The van der Waals surface area contributed by atoms with Crippen molar-refractivity contribution in [2.45, 2.75) is 43.5 Å². The van der Waals surface area contributed by atoms with Crippen LogP contribution in [0.4, 0.5) is 0 Å². The smallest absolute Gasteiger partial charge is 0.263 e. The van der Waals surface area contributed by atoms with Gasteiger partial charge in [-0.15, -0.1) is 0 Å². The fraction of sp³-hybridized carbons (Fsp3) is 0.500. The van der Waals surface area contributed by atoms with Crippen LogP contribution in [0.15, 0.2) is 29.2 Å². The number of amides is 1. The Morgan fingerprint density at radius 2 is 1.82 bits per heavy atom. The van der Waals surface area contributed by atoms with E-state index in [1.165, 1.54) is 17.6 Å². The molecule has 0 heterocycles. The summed E-state index contributed by atoms with van der Waals surface area (Å²) < 4.78 is 26.4. The van der Waals surface area contributed by atoms with Gasteiger partial charge in [-0.05, 0) is 29.5 Å². The van der Waals surface area contributed by atoms with Crippen LogP contribution in [0, 0.1) is 0 Å². The second-order valence-corrected chi connectivity index (χ2v) is 7.31. The van der Waals surface area contributed by atoms with E-state index in [0.29, 0.717) is 0 Å². The summed E-state index contributed by atoms with van der Waals surface area (Å²) in [4.78, 5) is 11.2. The highest BCUT2D eigenvalue weighted by atomic mass is 32.2. The summed E-state index contributed by atoms with van der Waals surface area (Å²) in [6, 6.07) is 4.87. The minimum Gasteiger partial charge on any atom is -0.394 e. The second kappa shape index (κ2) is 7.19. The van der Waals surface area contributed by atoms with Crippen LogP contribution in [-0.2, 0) is 20.2 Å². The first kappa shape index (κ1) is 18.6. The fourth-order valence-electron chi connectivity index (χ4n) is 1.80. The summed E-state index contributed by atoms with van der Waals surface area (Å²) in [6.45, 7) is 5.39. The van der Waals surface area contributed by atoms with Gasteiger partial charge in [0.15, 0.2) is 0 Å². The number of hydroxylamine groups is 1. The molecule has 124 valence electrons. The molecule has 0 spiro atoms. The van der Waals surface area contributed by atoms with E-state index in [1.807, 2.05) is 11.6 Å². The molecule has 1 aromatic carbocycles. The van der Waals surface area contributed by atoms with Gasteiger partial charge in [-0.2, -0.15) is 4.72 Å². The topological polar surface area (TPSA) is 116 Å². The zero-order chi connectivity index (χ0) is 17.0. The third-order valence-corrected chi connectivity index (χ3v) is 5.22. The van der Waals surface area contributed by atoms with Crippen LogP contribution >= 0.6 is 0 Å². The number of carbonyl (C=O) groups excluding carboxylic acids is 1. The molecule has 0 radical (unpaired) electrons. The highest BCUT2D eigenvalue weighted by molar-refractivity contribution is 7.89. The van der Waals surface area contributed by atoms with Crippen molar-refractivity contribution >= 4 is 15.9 Å². The SMILES string of the molecule is CCC(C)(C)c1ccc(S(=O)(=O)N[C@@H](CO)C(=O)NO)cc1. The van der Waals surface area contributed by atoms with E-state index >= 15 is 0 Å². The Morgan fingerprint density at radius 3 is 2.23 bits per heavy atom. The van der Waals surface area contributed by atoms with Crippen molar-refractivity contribution in [2.75, 3.05) is 6.61 Å². The minimum atomic E-state index is -3.98. The first-order valence-corrected chi connectivity index (χ1v) is 8.34. The average Bonchev–Trinajstić information content (AvgIpc) is 2.52. The first-order valence-electron chi connectivity index (χ1n) is 6.85. The van der Waals surface area contributed by atoms with E-state index in [9.17, 15) is 13.2 Å². The second-order valence-electron chi connectivity index (χ2n) is 5.59. The Labute approximate surface area is 130 Å². The fourth-order valence-corrected chi connectivity index (χ4v) is 2.98. The van der Waals surface area contributed by atoms with Crippen LogP contribution in [0.3, 0.4) is 0 Å². The number of carbonyl (C=O) groups is 1. The van der Waals surface area contributed by atoms with E-state index in [1.54, 1.807) is 12.1 Å². The van der Waals surface area contributed by atoms with Gasteiger partial charge >= 0.3 is 0 Å². The summed E-state index contributed by atoms with van der Waals surface area (Å²) in [6.07, 6.45) is 0.903. The van der Waals surface area contributed by atoms with E-state index < -0.39 is 28.6 Å². The number of aliphatic hydroxyl groups excluding tert-OH is 1. The van der Waals surface area contributed by atoms with E-state index in [0.717, 1.165) is 12.0 Å². The molecule has 0 bridgehead atoms. The lowest BCUT2D eigenvalue weighted by atomic mass is 9.82. The average molecular weight is 330 g/mol. The molecule has 1 aromatic rings. The zero-order valence-electron chi connectivity index (χ0n) is 12.8. The van der Waals surface area contributed by atoms with Crippen LogP contribution in [0.5, 0.6) is 0 Å². The van der Waals surface area contributed by atoms with E-state index in [-0.39, 0.29) is 10.3 Å². The maximum absolute atomic E-state index is 12.2. The van der Waals surface area contributed by atoms with Gasteiger partial charge in [-0.1, -0.05) is 32.9 Å². The summed E-state index contributed by atoms with van der Waals surface area (Å²) in [5, 5.41) is 17.5. The van der Waals surface area contributed by atoms with Gasteiger partial charge in [0.1, 0.15) is 6.04 Å². The van der Waals surface area contributed by atoms with Crippen molar-refractivity contribution in [3.63, 3.8) is 0 Å². The first-order chi connectivity index (χ1) is 10.2. The van der Waals surface area contributed by atoms with E-state index in [2.05, 4.69) is 13.8 Å². The molecule has 1 atom stereocenters. The Hall–Kier alpha value is -1.48. The lowest BCUT2D eigenvalue weighted by Crippen LogP contribution is -2.47. The molecule has 0 saturated heterocycles. The molecule has 7 nitrogen and oxygen atoms in total. The molecule has 0 aliphatic heterocycles. The van der Waals surface area contributed by atoms with Gasteiger partial charge in [0.05, 0.1) is 11.5 Å². The van der Waals surface area contributed by atoms with Gasteiger partial charge in [0.2, 0.25) is 10.0 Å². The van der Waals surface area contributed by atoms with Gasteiger partial charge in [-0.3, -0.25) is 10.0 Å². The summed E-state index contributed by atoms with van der Waals surface area (Å²) in [5.74, 6) is -1.03. The predicted molar refractivity (Wildman–Crippen MR) is 80.9 cm³/mol. The molecule has 0 saturated carbocycles. The van der Waals surface area contributed by atoms with Crippen molar-refractivity contribution < 1.29 is 23.5 Å². The highest BCUT2D eigenvalue weighted by Gasteiger charge is 2.25. The van der Waals surface area contributed by atoms with Crippen molar-refractivity contribution in [2.24, 2.45) is 0 Å². The number of nitrogens with one attached hydrogen (secondary N) is 2. The summed E-state index contributed by atoms with van der Waals surface area (Å²) >= 11 is 0. The Bertz CT molecular complexity index is 611. The molecule has 4 N–H and O–H groups in total. The third-order valence-electron chi connectivity index (χ3n) is 3.74. The van der Waals surface area contributed by atoms with Crippen molar-refractivity contribution in [3.8, 4) is 0 Å². The number of sulfonamides is 1. The maximum Gasteiger partial charge on any atom is 0.263 e. The van der Waals surface area contributed by atoms with Crippen LogP contribution in [0.25, 0.3) is 0 Å². The monoisotopic (exact) mass is 330 g/mol. The van der Waals surface area contributed by atoms with Gasteiger partial charge in [-0.25, -0.2) is 13.9 Å². The van der Waals surface area contributed by atoms with E-state index in [4.69, 9.17) is 10.3 Å². The molecule has 1 amide bonds. The van der Waals surface area contributed by atoms with Crippen LogP contribution in [0.2, 0.25) is 0 Å². The molecule has 0 aliphatic rings. The molecule has 0 fully saturated rings. The number of benzene rings is 1. The number of hydrogen-bond acceptors (Lipinski definition) is 5. The highest BCUT2D eigenvalue weighted by Crippen LogP contribution is 2.27. The Balaban J connectivity index is 3.01. The predicted octanol–water partition coefficient (Wildman–Crippen LogP) is 0.519. The summed E-state index contributed by atoms with van der Waals surface area (Å²) in [5.41, 5.74) is 2.23. The van der Waals surface area contributed by atoms with Crippen LogP contribution in [0.1, 0.15) is 32.8 Å². The molecule has 0 unspecified atom stereocenters. The maximum atomic E-state index is 12.2. The van der Waals surface area contributed by atoms with Crippen molar-refractivity contribution in [1.29, 1.82) is 0 Å². The number of hydrogen-bond donors (Lipinski definition) is 4. The number of aliphatic hydroxyl groups is 1. The minimum absolute atomic E-state index is 0.0210. The van der Waals surface area contributed by atoms with Crippen LogP contribution < -0.4 is 10.2 Å².